The van der Waals surface area contributed by atoms with Gasteiger partial charge in [0.25, 0.3) is 16.0 Å². The fourth-order valence-electron chi connectivity index (χ4n) is 4.61. The lowest BCUT2D eigenvalue weighted by Crippen LogP contribution is -2.29. The smallest absolute Gasteiger partial charge is 0.295 e. The van der Waals surface area contributed by atoms with Gasteiger partial charge in [0.05, 0.1) is 24.1 Å². The first kappa shape index (κ1) is 37.8. The van der Waals surface area contributed by atoms with Crippen molar-refractivity contribution in [2.45, 2.75) is 49.2 Å². The molecule has 0 saturated carbocycles. The molecule has 12 nitrogen and oxygen atoms in total. The highest BCUT2D eigenvalue weighted by Crippen LogP contribution is 2.30. The number of pyridine rings is 2. The molecule has 262 valence electrons. The van der Waals surface area contributed by atoms with E-state index in [1.807, 2.05) is 19.1 Å². The summed E-state index contributed by atoms with van der Waals surface area (Å²) < 4.78 is 38.2. The standard InChI is InChI=1S/C36H40N6O6S2/c1-4-21-48-31-16-14-29(24-49-35-25(2)9-7-10-26(35)3)41-30(31)15-18-34(43)37-19-8-20-38-36(44)28-13-17-33(39-22-28)42-40-23-27-11-5-6-12-32(27)50(45,46)47/h5-7,9-18,22-23H,4,8,19-21,24H2,1-3H3,(H,37,43)(H,38,44)(H,39,42)(H,45,46,47)/b18-15+,40-23+. The Morgan fingerprint density at radius 1 is 0.980 bits per heavy atom. The first-order valence-electron chi connectivity index (χ1n) is 15.9. The van der Waals surface area contributed by atoms with Gasteiger partial charge in [0.1, 0.15) is 22.2 Å². The zero-order valence-corrected chi connectivity index (χ0v) is 29.7. The first-order valence-corrected chi connectivity index (χ1v) is 18.3. The number of carbonyl (C=O) groups is 2. The van der Waals surface area contributed by atoms with Crippen LogP contribution in [0.2, 0.25) is 0 Å². The Morgan fingerprint density at radius 2 is 1.74 bits per heavy atom. The fraction of sp³-hybridized carbons (Fsp3) is 0.250. The number of aromatic nitrogens is 2. The molecule has 2 amide bonds. The van der Waals surface area contributed by atoms with Crippen LogP contribution in [0.4, 0.5) is 5.82 Å². The molecule has 0 aliphatic heterocycles. The van der Waals surface area contributed by atoms with E-state index < -0.39 is 10.1 Å². The molecule has 0 atom stereocenters. The number of thioether (sulfide) groups is 1. The van der Waals surface area contributed by atoms with Crippen LogP contribution in [-0.4, -0.2) is 60.7 Å². The van der Waals surface area contributed by atoms with Crippen molar-refractivity contribution in [1.82, 2.24) is 20.6 Å². The van der Waals surface area contributed by atoms with E-state index in [0.717, 1.165) is 12.1 Å². The number of hydrogen-bond donors (Lipinski definition) is 4. The number of benzene rings is 2. The van der Waals surface area contributed by atoms with E-state index in [-0.39, 0.29) is 22.3 Å². The summed E-state index contributed by atoms with van der Waals surface area (Å²) in [7, 11) is -4.40. The van der Waals surface area contributed by atoms with E-state index in [0.29, 0.717) is 54.7 Å². The minimum Gasteiger partial charge on any atom is -0.491 e. The first-order chi connectivity index (χ1) is 24.0. The zero-order chi connectivity index (χ0) is 35.9. The topological polar surface area (TPSA) is 172 Å². The number of amides is 2. The third-order valence-corrected chi connectivity index (χ3v) is 9.42. The van der Waals surface area contributed by atoms with Gasteiger partial charge in [-0.25, -0.2) is 9.97 Å². The average molecular weight is 717 g/mol. The molecule has 2 aromatic carbocycles. The molecule has 0 aliphatic rings. The summed E-state index contributed by atoms with van der Waals surface area (Å²) in [4.78, 5) is 35.0. The summed E-state index contributed by atoms with van der Waals surface area (Å²) in [5.74, 6) is 1.00. The van der Waals surface area contributed by atoms with E-state index in [1.54, 1.807) is 36.0 Å². The predicted octanol–water partition coefficient (Wildman–Crippen LogP) is 5.82. The average Bonchev–Trinajstić information content (AvgIpc) is 3.10. The molecule has 14 heteroatoms. The van der Waals surface area contributed by atoms with Crippen LogP contribution in [0.25, 0.3) is 6.08 Å². The van der Waals surface area contributed by atoms with Gasteiger partial charge < -0.3 is 15.4 Å². The van der Waals surface area contributed by atoms with Crippen LogP contribution in [0.3, 0.4) is 0 Å². The lowest BCUT2D eigenvalue weighted by Gasteiger charge is -2.11. The van der Waals surface area contributed by atoms with E-state index in [1.165, 1.54) is 52.7 Å². The summed E-state index contributed by atoms with van der Waals surface area (Å²) >= 11 is 1.73. The third kappa shape index (κ3) is 11.5. The van der Waals surface area contributed by atoms with Crippen LogP contribution in [0.15, 0.2) is 93.9 Å². The molecule has 50 heavy (non-hydrogen) atoms. The molecule has 4 N–H and O–H groups in total. The molecule has 0 radical (unpaired) electrons. The SMILES string of the molecule is CCCOc1ccc(CSc2c(C)cccc2C)nc1/C=C/C(=O)NCCCNC(=O)c1ccc(N/N=C/c2ccccc2S(=O)(=O)O)nc1. The van der Waals surface area contributed by atoms with Gasteiger partial charge in [-0.05, 0) is 74.2 Å². The summed E-state index contributed by atoms with van der Waals surface area (Å²) in [6, 6.07) is 19.0. The normalized spacial score (nSPS) is 11.5. The zero-order valence-electron chi connectivity index (χ0n) is 28.0. The minimum atomic E-state index is -4.40. The van der Waals surface area contributed by atoms with Crippen LogP contribution in [0, 0.1) is 13.8 Å². The van der Waals surface area contributed by atoms with Crippen LogP contribution >= 0.6 is 11.8 Å². The molecule has 4 rings (SSSR count). The summed E-state index contributed by atoms with van der Waals surface area (Å²) in [5, 5.41) is 9.57. The second-order valence-electron chi connectivity index (χ2n) is 11.1. The van der Waals surface area contributed by atoms with Crippen molar-refractivity contribution < 1.29 is 27.3 Å². The van der Waals surface area contributed by atoms with Gasteiger partial charge in [0.15, 0.2) is 0 Å². The molecular formula is C36H40N6O6S2. The molecule has 0 aliphatic carbocycles. The van der Waals surface area contributed by atoms with Crippen LogP contribution in [0.5, 0.6) is 5.75 Å². The van der Waals surface area contributed by atoms with Gasteiger partial charge in [-0.1, -0.05) is 43.3 Å². The van der Waals surface area contributed by atoms with Gasteiger partial charge in [-0.3, -0.25) is 19.6 Å². The molecule has 0 fully saturated rings. The van der Waals surface area contributed by atoms with Gasteiger partial charge in [-0.15, -0.1) is 11.8 Å². The molecule has 0 unspecified atom stereocenters. The van der Waals surface area contributed by atoms with Crippen molar-refractivity contribution in [2.75, 3.05) is 25.1 Å². The largest absolute Gasteiger partial charge is 0.491 e. The number of nitrogens with zero attached hydrogens (tertiary/aromatic N) is 3. The number of hydrazone groups is 1. The van der Waals surface area contributed by atoms with Crippen molar-refractivity contribution in [2.24, 2.45) is 5.10 Å². The monoisotopic (exact) mass is 716 g/mol. The highest BCUT2D eigenvalue weighted by Gasteiger charge is 2.13. The number of nitrogens with one attached hydrogen (secondary N) is 3. The number of aryl methyl sites for hydroxylation is 2. The van der Waals surface area contributed by atoms with Gasteiger partial charge in [0, 0.05) is 41.6 Å². The summed E-state index contributed by atoms with van der Waals surface area (Å²) in [5.41, 5.74) is 7.09. The fourth-order valence-corrected chi connectivity index (χ4v) is 6.33. The van der Waals surface area contributed by atoms with Crippen molar-refractivity contribution in [3.63, 3.8) is 0 Å². The Balaban J connectivity index is 1.22. The third-order valence-electron chi connectivity index (χ3n) is 7.11. The van der Waals surface area contributed by atoms with Gasteiger partial charge in [0.2, 0.25) is 5.91 Å². The van der Waals surface area contributed by atoms with Crippen LogP contribution < -0.4 is 20.8 Å². The van der Waals surface area contributed by atoms with E-state index in [9.17, 15) is 22.6 Å². The summed E-state index contributed by atoms with van der Waals surface area (Å²) in [6.45, 7) is 7.45. The van der Waals surface area contributed by atoms with Crippen molar-refractivity contribution in [1.29, 1.82) is 0 Å². The van der Waals surface area contributed by atoms with Crippen LogP contribution in [-0.2, 0) is 20.7 Å². The van der Waals surface area contributed by atoms with Gasteiger partial charge in [-0.2, -0.15) is 13.5 Å². The molecule has 2 aromatic heterocycles. The molecule has 0 bridgehead atoms. The number of carbonyl (C=O) groups excluding carboxylic acids is 2. The quantitative estimate of drug-likeness (QED) is 0.0261. The highest BCUT2D eigenvalue weighted by atomic mass is 32.2. The van der Waals surface area contributed by atoms with E-state index >= 15 is 0 Å². The highest BCUT2D eigenvalue weighted by molar-refractivity contribution is 7.98. The lowest BCUT2D eigenvalue weighted by atomic mass is 10.2. The summed E-state index contributed by atoms with van der Waals surface area (Å²) in [6.07, 6.45) is 7.05. The number of ether oxygens (including phenoxy) is 1. The van der Waals surface area contributed by atoms with Gasteiger partial charge >= 0.3 is 0 Å². The Labute approximate surface area is 296 Å². The Morgan fingerprint density at radius 3 is 2.46 bits per heavy atom. The van der Waals surface area contributed by atoms with E-state index in [2.05, 4.69) is 58.2 Å². The molecular weight excluding hydrogens is 677 g/mol. The second-order valence-corrected chi connectivity index (χ2v) is 13.5. The number of anilines is 1. The Kier molecular flexibility index (Phi) is 14.1. The maximum Gasteiger partial charge on any atom is 0.295 e. The Hall–Kier alpha value is -5.05. The molecule has 4 aromatic rings. The number of hydrogen-bond acceptors (Lipinski definition) is 10. The predicted molar refractivity (Wildman–Crippen MR) is 196 cm³/mol. The minimum absolute atomic E-state index is 0.193. The maximum absolute atomic E-state index is 12.6. The molecule has 0 saturated heterocycles. The molecule has 2 heterocycles. The van der Waals surface area contributed by atoms with Crippen LogP contribution in [0.1, 0.15) is 58.2 Å². The van der Waals surface area contributed by atoms with E-state index in [4.69, 9.17) is 9.72 Å². The maximum atomic E-state index is 12.6. The second kappa shape index (κ2) is 18.6. The Bertz CT molecular complexity index is 1930. The lowest BCUT2D eigenvalue weighted by molar-refractivity contribution is -0.116. The number of rotatable bonds is 17. The van der Waals surface area contributed by atoms with Crippen molar-refractivity contribution >= 4 is 51.8 Å². The van der Waals surface area contributed by atoms with Crippen molar-refractivity contribution in [3.8, 4) is 5.75 Å². The van der Waals surface area contributed by atoms with Crippen molar-refractivity contribution in [3.05, 3.63) is 113 Å². The molecule has 0 spiro atoms.